The minimum atomic E-state index is 0.669. The molecular weight excluding hydrogens is 127 g/mol. The van der Waals surface area contributed by atoms with Crippen LogP contribution in [0.25, 0.3) is 0 Å². The zero-order valence-electron chi connectivity index (χ0n) is 5.93. The van der Waals surface area contributed by atoms with Crippen molar-refractivity contribution < 1.29 is 0 Å². The van der Waals surface area contributed by atoms with Gasteiger partial charge in [0.2, 0.25) is 0 Å². The zero-order valence-corrected chi connectivity index (χ0v) is 6.82. The average Bonchev–Trinajstić information content (AvgIpc) is 1.89. The maximum absolute atomic E-state index is 4.07. The van der Waals surface area contributed by atoms with E-state index in [9.17, 15) is 0 Å². The van der Waals surface area contributed by atoms with E-state index in [4.69, 9.17) is 0 Å². The first kappa shape index (κ1) is 7.32. The van der Waals surface area contributed by atoms with Gasteiger partial charge in [-0.25, -0.2) is 0 Å². The number of hydrogen-bond donors (Lipinski definition) is 0. The summed E-state index contributed by atoms with van der Waals surface area (Å²) in [4.78, 5) is 0. The first-order valence-corrected chi connectivity index (χ1v) is 4.19. The summed E-state index contributed by atoms with van der Waals surface area (Å²) in [7, 11) is 4.07. The van der Waals surface area contributed by atoms with Gasteiger partial charge in [0.15, 0.2) is 0 Å². The van der Waals surface area contributed by atoms with Gasteiger partial charge in [0.25, 0.3) is 0 Å². The maximum atomic E-state index is 4.07. The van der Waals surface area contributed by atoms with Gasteiger partial charge < -0.3 is 0 Å². The quantitative estimate of drug-likeness (QED) is 0.453. The van der Waals surface area contributed by atoms with E-state index >= 15 is 0 Å². The summed E-state index contributed by atoms with van der Waals surface area (Å²) in [5, 5.41) is 0. The SMILES string of the molecule is CC1CCCCC1C#P. The molecule has 1 fully saturated rings. The Kier molecular flexibility index (Phi) is 2.76. The molecule has 0 aromatic rings. The van der Waals surface area contributed by atoms with Crippen molar-refractivity contribution in [2.75, 3.05) is 0 Å². The molecular formula is C8H13P. The van der Waals surface area contributed by atoms with Crippen LogP contribution in [0.1, 0.15) is 32.6 Å². The normalized spacial score (nSPS) is 35.6. The van der Waals surface area contributed by atoms with E-state index in [0.29, 0.717) is 5.92 Å². The van der Waals surface area contributed by atoms with Crippen molar-refractivity contribution in [1.29, 1.82) is 0 Å². The Morgan fingerprint density at radius 2 is 2.00 bits per heavy atom. The molecule has 0 aromatic carbocycles. The predicted octanol–water partition coefficient (Wildman–Crippen LogP) is 3.18. The third-order valence-corrected chi connectivity index (χ3v) is 2.61. The van der Waals surface area contributed by atoms with Crippen LogP contribution < -0.4 is 0 Å². The van der Waals surface area contributed by atoms with E-state index in [1.807, 2.05) is 0 Å². The van der Waals surface area contributed by atoms with Gasteiger partial charge in [-0.15, -0.1) is 0 Å². The van der Waals surface area contributed by atoms with Crippen LogP contribution in [0.5, 0.6) is 0 Å². The Bertz CT molecular complexity index is 123. The van der Waals surface area contributed by atoms with Crippen molar-refractivity contribution in [2.45, 2.75) is 32.6 Å². The monoisotopic (exact) mass is 140 g/mol. The molecule has 0 aliphatic heterocycles. The Balaban J connectivity index is 2.41. The molecule has 1 heteroatoms. The van der Waals surface area contributed by atoms with Crippen LogP contribution in [0.4, 0.5) is 0 Å². The second kappa shape index (κ2) is 3.40. The molecule has 1 aliphatic carbocycles. The second-order valence-corrected chi connectivity index (χ2v) is 3.26. The topological polar surface area (TPSA) is 0 Å². The molecule has 1 aliphatic rings. The Morgan fingerprint density at radius 3 is 2.44 bits per heavy atom. The fraction of sp³-hybridized carbons (Fsp3) is 0.875. The second-order valence-electron chi connectivity index (χ2n) is 3.00. The van der Waals surface area contributed by atoms with Crippen LogP contribution in [0.3, 0.4) is 0 Å². The summed E-state index contributed by atoms with van der Waals surface area (Å²) < 4.78 is 0. The molecule has 0 aromatic heterocycles. The molecule has 50 valence electrons. The van der Waals surface area contributed by atoms with E-state index in [-0.39, 0.29) is 0 Å². The molecule has 0 bridgehead atoms. The molecule has 1 rings (SSSR count). The molecule has 0 spiro atoms. The third-order valence-electron chi connectivity index (χ3n) is 2.28. The van der Waals surface area contributed by atoms with Gasteiger partial charge >= 0.3 is 58.8 Å². The van der Waals surface area contributed by atoms with Crippen molar-refractivity contribution in [3.8, 4) is 5.63 Å². The van der Waals surface area contributed by atoms with Crippen molar-refractivity contribution in [3.05, 3.63) is 0 Å². The van der Waals surface area contributed by atoms with Gasteiger partial charge in [-0.2, -0.15) is 0 Å². The molecule has 0 heterocycles. The Morgan fingerprint density at radius 1 is 1.33 bits per heavy atom. The third kappa shape index (κ3) is 1.81. The molecule has 1 saturated carbocycles. The van der Waals surface area contributed by atoms with E-state index in [2.05, 4.69) is 21.2 Å². The molecule has 0 N–H and O–H groups in total. The molecule has 0 radical (unpaired) electrons. The average molecular weight is 140 g/mol. The summed E-state index contributed by atoms with van der Waals surface area (Å²) in [5.41, 5.74) is 3.05. The van der Waals surface area contributed by atoms with Crippen LogP contribution >= 0.6 is 8.70 Å². The number of hydrogen-bond acceptors (Lipinski definition) is 0. The van der Waals surface area contributed by atoms with E-state index < -0.39 is 0 Å². The zero-order chi connectivity index (χ0) is 6.69. The fourth-order valence-corrected chi connectivity index (χ4v) is 1.89. The van der Waals surface area contributed by atoms with Gasteiger partial charge in [0, 0.05) is 0 Å². The van der Waals surface area contributed by atoms with Crippen LogP contribution in [0.2, 0.25) is 0 Å². The standard InChI is InChI=1S/C8H13P/c1-7-4-2-3-5-8(7)6-9/h7-8H,2-5H2,1H3. The van der Waals surface area contributed by atoms with Crippen molar-refractivity contribution in [1.82, 2.24) is 0 Å². The summed E-state index contributed by atoms with van der Waals surface area (Å²) in [5.74, 6) is 1.50. The Labute approximate surface area is 59.5 Å². The summed E-state index contributed by atoms with van der Waals surface area (Å²) in [6.07, 6.45) is 5.47. The molecule has 9 heavy (non-hydrogen) atoms. The van der Waals surface area contributed by atoms with Gasteiger partial charge in [-0.3, -0.25) is 0 Å². The van der Waals surface area contributed by atoms with Crippen molar-refractivity contribution in [2.24, 2.45) is 11.8 Å². The molecule has 2 unspecified atom stereocenters. The van der Waals surface area contributed by atoms with Crippen LogP contribution in [-0.2, 0) is 0 Å². The van der Waals surface area contributed by atoms with E-state index in [1.165, 1.54) is 25.7 Å². The predicted molar refractivity (Wildman–Crippen MR) is 41.9 cm³/mol. The Hall–Kier alpha value is 0.210. The van der Waals surface area contributed by atoms with E-state index in [1.54, 1.807) is 0 Å². The molecule has 0 amide bonds. The van der Waals surface area contributed by atoms with Crippen LogP contribution in [0, 0.1) is 17.5 Å². The molecule has 0 nitrogen and oxygen atoms in total. The van der Waals surface area contributed by atoms with Crippen molar-refractivity contribution in [3.63, 3.8) is 0 Å². The first-order chi connectivity index (χ1) is 4.34. The van der Waals surface area contributed by atoms with Gasteiger partial charge in [-0.1, -0.05) is 0 Å². The van der Waals surface area contributed by atoms with Crippen LogP contribution in [0.15, 0.2) is 0 Å². The van der Waals surface area contributed by atoms with Gasteiger partial charge in [-0.05, 0) is 0 Å². The summed E-state index contributed by atoms with van der Waals surface area (Å²) in [6, 6.07) is 0. The number of rotatable bonds is 0. The van der Waals surface area contributed by atoms with Crippen molar-refractivity contribution >= 4 is 8.70 Å². The first-order valence-electron chi connectivity index (χ1n) is 3.74. The van der Waals surface area contributed by atoms with Gasteiger partial charge in [0.05, 0.1) is 0 Å². The van der Waals surface area contributed by atoms with Gasteiger partial charge in [0.1, 0.15) is 0 Å². The summed E-state index contributed by atoms with van der Waals surface area (Å²) >= 11 is 0. The molecule has 0 saturated heterocycles. The summed E-state index contributed by atoms with van der Waals surface area (Å²) in [6.45, 7) is 2.30. The van der Waals surface area contributed by atoms with Crippen LogP contribution in [-0.4, -0.2) is 0 Å². The fourth-order valence-electron chi connectivity index (χ4n) is 1.51. The van der Waals surface area contributed by atoms with E-state index in [0.717, 1.165) is 5.92 Å². The minimum absolute atomic E-state index is 0.669. The molecule has 2 atom stereocenters.